The zero-order chi connectivity index (χ0) is 9.10. The van der Waals surface area contributed by atoms with E-state index in [1.165, 1.54) is 4.70 Å². The smallest absolute Gasteiger partial charge is 0.151 e. The van der Waals surface area contributed by atoms with Gasteiger partial charge in [0, 0.05) is 5.75 Å². The molecule has 0 unspecified atom stereocenters. The van der Waals surface area contributed by atoms with Crippen molar-refractivity contribution in [2.45, 2.75) is 4.34 Å². The lowest BCUT2D eigenvalue weighted by molar-refractivity contribution is -0.360. The van der Waals surface area contributed by atoms with Crippen LogP contribution in [0.1, 0.15) is 0 Å². The highest BCUT2D eigenvalue weighted by atomic mass is 32.2. The van der Waals surface area contributed by atoms with Crippen LogP contribution in [0.5, 0.6) is 0 Å². The van der Waals surface area contributed by atoms with Crippen LogP contribution in [-0.4, -0.2) is 17.3 Å². The van der Waals surface area contributed by atoms with Gasteiger partial charge < -0.3 is 5.73 Å². The van der Waals surface area contributed by atoms with Crippen LogP contribution >= 0.6 is 23.1 Å². The summed E-state index contributed by atoms with van der Waals surface area (Å²) in [6.45, 7) is 0.959. The van der Waals surface area contributed by atoms with Gasteiger partial charge in [-0.1, -0.05) is 23.9 Å². The van der Waals surface area contributed by atoms with Crippen molar-refractivity contribution < 1.29 is 5.73 Å². The minimum atomic E-state index is 0.959. The average Bonchev–Trinajstić information content (AvgIpc) is 2.57. The first-order valence-corrected chi connectivity index (χ1v) is 5.98. The molecule has 0 atom stereocenters. The molecule has 2 rings (SSSR count). The summed E-state index contributed by atoms with van der Waals surface area (Å²) in [7, 11) is 0. The summed E-state index contributed by atoms with van der Waals surface area (Å²) in [6.07, 6.45) is 0. The lowest BCUT2D eigenvalue weighted by atomic mass is 10.3. The van der Waals surface area contributed by atoms with Crippen molar-refractivity contribution in [3.63, 3.8) is 0 Å². The molecule has 2 nitrogen and oxygen atoms in total. The van der Waals surface area contributed by atoms with Gasteiger partial charge in [-0.25, -0.2) is 4.98 Å². The summed E-state index contributed by atoms with van der Waals surface area (Å²) < 4.78 is 2.43. The van der Waals surface area contributed by atoms with Gasteiger partial charge in [-0.15, -0.1) is 11.3 Å². The molecule has 0 aliphatic heterocycles. The fraction of sp³-hybridized carbons (Fsp3) is 0.222. The molecule has 0 amide bonds. The number of nitrogens with zero attached hydrogens (tertiary/aromatic N) is 1. The van der Waals surface area contributed by atoms with E-state index in [1.54, 1.807) is 23.1 Å². The van der Waals surface area contributed by atoms with E-state index in [4.69, 9.17) is 0 Å². The number of para-hydroxylation sites is 1. The number of hydrogen-bond donors (Lipinski definition) is 1. The molecule has 13 heavy (non-hydrogen) atoms. The fourth-order valence-corrected chi connectivity index (χ4v) is 3.01. The van der Waals surface area contributed by atoms with Crippen molar-refractivity contribution in [2.75, 3.05) is 12.3 Å². The number of aromatic nitrogens is 1. The van der Waals surface area contributed by atoms with Gasteiger partial charge in [0.25, 0.3) is 0 Å². The van der Waals surface area contributed by atoms with Crippen molar-refractivity contribution in [3.05, 3.63) is 24.3 Å². The Bertz CT molecular complexity index is 364. The first-order chi connectivity index (χ1) is 6.40. The van der Waals surface area contributed by atoms with Gasteiger partial charge in [-0.3, -0.25) is 0 Å². The second-order valence-corrected chi connectivity index (χ2v) is 5.02. The number of rotatable bonds is 3. The lowest BCUT2D eigenvalue weighted by Crippen LogP contribution is -2.51. The van der Waals surface area contributed by atoms with E-state index in [-0.39, 0.29) is 0 Å². The molecule has 0 aliphatic carbocycles. The standard InChI is InChI=1S/C9H10N2S2/c10-5-6-12-9-11-7-3-1-2-4-8(7)13-9/h1-4H,5-6,10H2/p+1. The zero-order valence-corrected chi connectivity index (χ0v) is 8.83. The third-order valence-corrected chi connectivity index (χ3v) is 3.91. The third-order valence-electron chi connectivity index (χ3n) is 1.64. The lowest BCUT2D eigenvalue weighted by Gasteiger charge is -1.87. The summed E-state index contributed by atoms with van der Waals surface area (Å²) in [5.41, 5.74) is 4.92. The molecule has 0 saturated heterocycles. The van der Waals surface area contributed by atoms with Gasteiger partial charge in [0.15, 0.2) is 4.34 Å². The topological polar surface area (TPSA) is 40.5 Å². The zero-order valence-electron chi connectivity index (χ0n) is 7.19. The Hall–Kier alpha value is -0.580. The van der Waals surface area contributed by atoms with Crippen LogP contribution in [0.25, 0.3) is 10.2 Å². The highest BCUT2D eigenvalue weighted by molar-refractivity contribution is 8.01. The summed E-state index contributed by atoms with van der Waals surface area (Å²) >= 11 is 3.55. The number of thioether (sulfide) groups is 1. The Kier molecular flexibility index (Phi) is 2.83. The molecule has 4 heteroatoms. The highest BCUT2D eigenvalue weighted by Crippen LogP contribution is 2.28. The van der Waals surface area contributed by atoms with Gasteiger partial charge in [0.05, 0.1) is 16.8 Å². The Morgan fingerprint density at radius 3 is 3.00 bits per heavy atom. The van der Waals surface area contributed by atoms with Crippen LogP contribution in [-0.2, 0) is 0 Å². The van der Waals surface area contributed by atoms with Crippen molar-refractivity contribution in [1.82, 2.24) is 4.98 Å². The number of fused-ring (bicyclic) bond motifs is 1. The quantitative estimate of drug-likeness (QED) is 0.784. The van der Waals surface area contributed by atoms with Crippen molar-refractivity contribution in [2.24, 2.45) is 0 Å². The Morgan fingerprint density at radius 2 is 2.23 bits per heavy atom. The average molecular weight is 211 g/mol. The van der Waals surface area contributed by atoms with Crippen molar-refractivity contribution in [3.8, 4) is 0 Å². The summed E-state index contributed by atoms with van der Waals surface area (Å²) in [6, 6.07) is 8.25. The molecular formula is C9H11N2S2+. The maximum Gasteiger partial charge on any atom is 0.151 e. The normalized spacial score (nSPS) is 10.8. The van der Waals surface area contributed by atoms with Crippen LogP contribution < -0.4 is 5.73 Å². The summed E-state index contributed by atoms with van der Waals surface area (Å²) in [5, 5.41) is 0. The van der Waals surface area contributed by atoms with E-state index >= 15 is 0 Å². The van der Waals surface area contributed by atoms with Gasteiger partial charge in [-0.05, 0) is 12.1 Å². The van der Waals surface area contributed by atoms with E-state index in [9.17, 15) is 0 Å². The van der Waals surface area contributed by atoms with Crippen LogP contribution in [0.2, 0.25) is 0 Å². The Balaban J connectivity index is 2.28. The number of hydrogen-bond acceptors (Lipinski definition) is 3. The van der Waals surface area contributed by atoms with E-state index in [1.807, 2.05) is 6.07 Å². The van der Waals surface area contributed by atoms with E-state index in [2.05, 4.69) is 28.9 Å². The SMILES string of the molecule is [NH3+]CCSc1nc2ccccc2s1. The Labute approximate surface area is 85.2 Å². The van der Waals surface area contributed by atoms with Crippen LogP contribution in [0.15, 0.2) is 28.6 Å². The van der Waals surface area contributed by atoms with Gasteiger partial charge in [0.1, 0.15) is 0 Å². The maximum absolute atomic E-state index is 4.50. The van der Waals surface area contributed by atoms with Crippen LogP contribution in [0.3, 0.4) is 0 Å². The fourth-order valence-electron chi connectivity index (χ4n) is 1.07. The molecule has 2 aromatic rings. The minimum absolute atomic E-state index is 0.959. The maximum atomic E-state index is 4.50. The molecule has 1 heterocycles. The first kappa shape index (κ1) is 8.99. The predicted octanol–water partition coefficient (Wildman–Crippen LogP) is 1.63. The third kappa shape index (κ3) is 2.02. The Morgan fingerprint density at radius 1 is 1.38 bits per heavy atom. The molecule has 0 saturated carbocycles. The highest BCUT2D eigenvalue weighted by Gasteiger charge is 2.02. The number of quaternary nitrogens is 1. The van der Waals surface area contributed by atoms with Gasteiger partial charge >= 0.3 is 0 Å². The predicted molar refractivity (Wildman–Crippen MR) is 58.1 cm³/mol. The van der Waals surface area contributed by atoms with E-state index < -0.39 is 0 Å². The molecule has 0 aliphatic rings. The minimum Gasteiger partial charge on any atom is -0.357 e. The molecule has 0 radical (unpaired) electrons. The van der Waals surface area contributed by atoms with Crippen LogP contribution in [0.4, 0.5) is 0 Å². The molecular weight excluding hydrogens is 200 g/mol. The number of thiazole rings is 1. The molecule has 68 valence electrons. The van der Waals surface area contributed by atoms with Gasteiger partial charge in [-0.2, -0.15) is 0 Å². The first-order valence-electron chi connectivity index (χ1n) is 4.18. The monoisotopic (exact) mass is 211 g/mol. The number of benzene rings is 1. The van der Waals surface area contributed by atoms with Crippen molar-refractivity contribution in [1.29, 1.82) is 0 Å². The molecule has 0 spiro atoms. The second-order valence-electron chi connectivity index (χ2n) is 2.65. The molecule has 1 aromatic carbocycles. The molecule has 1 aromatic heterocycles. The van der Waals surface area contributed by atoms with Crippen LogP contribution in [0, 0.1) is 0 Å². The molecule has 0 fully saturated rings. The summed E-state index contributed by atoms with van der Waals surface area (Å²) in [5.74, 6) is 1.06. The molecule has 3 N–H and O–H groups in total. The van der Waals surface area contributed by atoms with Crippen molar-refractivity contribution >= 4 is 33.3 Å². The van der Waals surface area contributed by atoms with Gasteiger partial charge in [0.2, 0.25) is 0 Å². The van der Waals surface area contributed by atoms with E-state index in [0.29, 0.717) is 0 Å². The largest absolute Gasteiger partial charge is 0.357 e. The second kappa shape index (κ2) is 4.09. The summed E-state index contributed by atoms with van der Waals surface area (Å²) in [4.78, 5) is 4.50. The molecule has 0 bridgehead atoms. The van der Waals surface area contributed by atoms with E-state index in [0.717, 1.165) is 22.2 Å².